The molecule has 2 aromatic carbocycles. The Bertz CT molecular complexity index is 705. The van der Waals surface area contributed by atoms with Gasteiger partial charge in [-0.05, 0) is 23.8 Å². The van der Waals surface area contributed by atoms with Crippen LogP contribution in [0, 0.1) is 10.1 Å². The minimum atomic E-state index is -1.30. The van der Waals surface area contributed by atoms with E-state index in [1.807, 2.05) is 6.07 Å². The van der Waals surface area contributed by atoms with Gasteiger partial charge in [-0.3, -0.25) is 10.1 Å². The van der Waals surface area contributed by atoms with Crippen LogP contribution in [-0.4, -0.2) is 16.0 Å². The molecule has 21 heavy (non-hydrogen) atoms. The van der Waals surface area contributed by atoms with Crippen LogP contribution in [0.5, 0.6) is 0 Å². The highest BCUT2D eigenvalue weighted by molar-refractivity contribution is 7.98. The molecule has 0 bridgehead atoms. The van der Waals surface area contributed by atoms with Crippen molar-refractivity contribution in [2.45, 2.75) is 10.6 Å². The molecule has 0 aliphatic carbocycles. The molecule has 0 fully saturated rings. The lowest BCUT2D eigenvalue weighted by Crippen LogP contribution is -2.06. The summed E-state index contributed by atoms with van der Waals surface area (Å²) in [6.07, 6.45) is 0. The van der Waals surface area contributed by atoms with Crippen LogP contribution in [0.3, 0.4) is 0 Å². The molecule has 1 N–H and O–H groups in total. The third kappa shape index (κ3) is 3.74. The molecule has 0 amide bonds. The van der Waals surface area contributed by atoms with Gasteiger partial charge in [-0.1, -0.05) is 29.8 Å². The normalized spacial score (nSPS) is 10.3. The smallest absolute Gasteiger partial charge is 0.343 e. The summed E-state index contributed by atoms with van der Waals surface area (Å²) in [4.78, 5) is 22.4. The molecule has 2 aromatic rings. The van der Waals surface area contributed by atoms with Gasteiger partial charge in [-0.25, -0.2) is 4.79 Å². The van der Waals surface area contributed by atoms with E-state index in [0.29, 0.717) is 16.3 Å². The number of benzene rings is 2. The molecular weight excluding hydrogens is 314 g/mol. The quantitative estimate of drug-likeness (QED) is 0.505. The second-order valence-corrected chi connectivity index (χ2v) is 5.60. The van der Waals surface area contributed by atoms with Gasteiger partial charge < -0.3 is 5.11 Å². The Morgan fingerprint density at radius 3 is 2.62 bits per heavy atom. The molecule has 5 nitrogen and oxygen atoms in total. The Balaban J connectivity index is 2.30. The topological polar surface area (TPSA) is 80.4 Å². The molecule has 0 unspecified atom stereocenters. The zero-order valence-corrected chi connectivity index (χ0v) is 12.2. The third-order valence-corrected chi connectivity index (χ3v) is 4.01. The van der Waals surface area contributed by atoms with Gasteiger partial charge in [0.1, 0.15) is 5.56 Å². The first-order chi connectivity index (χ1) is 9.99. The predicted molar refractivity (Wildman–Crippen MR) is 81.1 cm³/mol. The Morgan fingerprint density at radius 2 is 2.00 bits per heavy atom. The summed E-state index contributed by atoms with van der Waals surface area (Å²) in [5.74, 6) is -0.993. The number of nitro benzene ring substituents is 1. The van der Waals surface area contributed by atoms with E-state index in [9.17, 15) is 20.0 Å². The van der Waals surface area contributed by atoms with Crippen LogP contribution < -0.4 is 0 Å². The summed E-state index contributed by atoms with van der Waals surface area (Å²) in [5, 5.41) is 20.7. The van der Waals surface area contributed by atoms with E-state index in [1.165, 1.54) is 23.9 Å². The molecule has 0 aromatic heterocycles. The summed E-state index contributed by atoms with van der Waals surface area (Å²) in [5.41, 5.74) is -0.259. The second-order valence-electron chi connectivity index (χ2n) is 4.12. The Hall–Kier alpha value is -2.05. The van der Waals surface area contributed by atoms with E-state index < -0.39 is 16.6 Å². The zero-order valence-electron chi connectivity index (χ0n) is 10.7. The van der Waals surface area contributed by atoms with E-state index in [4.69, 9.17) is 11.6 Å². The molecule has 108 valence electrons. The van der Waals surface area contributed by atoms with Gasteiger partial charge in [-0.2, -0.15) is 0 Å². The molecule has 0 spiro atoms. The molecule has 0 atom stereocenters. The average Bonchev–Trinajstić information content (AvgIpc) is 2.44. The number of carboxylic acid groups (broad SMARTS) is 1. The van der Waals surface area contributed by atoms with Crippen molar-refractivity contribution in [1.82, 2.24) is 0 Å². The maximum absolute atomic E-state index is 11.3. The highest BCUT2D eigenvalue weighted by Crippen LogP contribution is 2.29. The number of halogens is 1. The van der Waals surface area contributed by atoms with E-state index in [2.05, 4.69) is 0 Å². The van der Waals surface area contributed by atoms with Crippen molar-refractivity contribution in [1.29, 1.82) is 0 Å². The van der Waals surface area contributed by atoms with Gasteiger partial charge in [0.15, 0.2) is 0 Å². The van der Waals surface area contributed by atoms with Crippen LogP contribution in [0.1, 0.15) is 15.9 Å². The Morgan fingerprint density at radius 1 is 1.29 bits per heavy atom. The van der Waals surface area contributed by atoms with Crippen LogP contribution in [0.15, 0.2) is 47.4 Å². The first-order valence-electron chi connectivity index (χ1n) is 5.87. The fourth-order valence-electron chi connectivity index (χ4n) is 1.82. The monoisotopic (exact) mass is 323 g/mol. The van der Waals surface area contributed by atoms with Crippen LogP contribution >= 0.6 is 23.4 Å². The SMILES string of the molecule is O=C(O)c1c(CSc2cccc(Cl)c2)cccc1[N+](=O)[O-]. The lowest BCUT2D eigenvalue weighted by atomic mass is 10.1. The largest absolute Gasteiger partial charge is 0.477 e. The number of hydrogen-bond donors (Lipinski definition) is 1. The number of thioether (sulfide) groups is 1. The molecule has 0 heterocycles. The van der Waals surface area contributed by atoms with E-state index in [-0.39, 0.29) is 5.56 Å². The molecule has 0 aliphatic rings. The number of nitrogens with zero attached hydrogens (tertiary/aromatic N) is 1. The lowest BCUT2D eigenvalue weighted by molar-refractivity contribution is -0.385. The number of rotatable bonds is 5. The van der Waals surface area contributed by atoms with Gasteiger partial charge in [0.05, 0.1) is 4.92 Å². The van der Waals surface area contributed by atoms with Crippen molar-refractivity contribution < 1.29 is 14.8 Å². The van der Waals surface area contributed by atoms with Crippen molar-refractivity contribution in [3.63, 3.8) is 0 Å². The summed E-state index contributed by atoms with van der Waals surface area (Å²) < 4.78 is 0. The van der Waals surface area contributed by atoms with Gasteiger partial charge >= 0.3 is 5.97 Å². The van der Waals surface area contributed by atoms with E-state index in [0.717, 1.165) is 4.90 Å². The maximum Gasteiger partial charge on any atom is 0.343 e. The number of carbonyl (C=O) groups is 1. The second kappa shape index (κ2) is 6.60. The van der Waals surface area contributed by atoms with Gasteiger partial charge in [0.2, 0.25) is 0 Å². The predicted octanol–water partition coefficient (Wildman–Crippen LogP) is 4.24. The molecule has 0 saturated heterocycles. The highest BCUT2D eigenvalue weighted by Gasteiger charge is 2.23. The van der Waals surface area contributed by atoms with E-state index >= 15 is 0 Å². The zero-order chi connectivity index (χ0) is 15.4. The lowest BCUT2D eigenvalue weighted by Gasteiger charge is -2.07. The first kappa shape index (κ1) is 15.3. The van der Waals surface area contributed by atoms with Gasteiger partial charge in [0, 0.05) is 21.7 Å². The van der Waals surface area contributed by atoms with Crippen molar-refractivity contribution in [3.05, 3.63) is 68.7 Å². The molecule has 7 heteroatoms. The minimum Gasteiger partial charge on any atom is -0.477 e. The van der Waals surface area contributed by atoms with Crippen LogP contribution in [0.2, 0.25) is 5.02 Å². The number of nitro groups is 1. The van der Waals surface area contributed by atoms with Crippen LogP contribution in [-0.2, 0) is 5.75 Å². The summed E-state index contributed by atoms with van der Waals surface area (Å²) in [6.45, 7) is 0. The highest BCUT2D eigenvalue weighted by atomic mass is 35.5. The summed E-state index contributed by atoms with van der Waals surface area (Å²) >= 11 is 7.25. The molecule has 0 aliphatic heterocycles. The fourth-order valence-corrected chi connectivity index (χ4v) is 3.03. The molecule has 0 radical (unpaired) electrons. The van der Waals surface area contributed by atoms with Gasteiger partial charge in [0.25, 0.3) is 5.69 Å². The van der Waals surface area contributed by atoms with Crippen molar-refractivity contribution in [2.24, 2.45) is 0 Å². The van der Waals surface area contributed by atoms with Crippen LogP contribution in [0.25, 0.3) is 0 Å². The average molecular weight is 324 g/mol. The number of hydrogen-bond acceptors (Lipinski definition) is 4. The number of aromatic carboxylic acids is 1. The van der Waals surface area contributed by atoms with Crippen molar-refractivity contribution in [3.8, 4) is 0 Å². The standard InChI is InChI=1S/C14H10ClNO4S/c15-10-4-2-5-11(7-10)21-8-9-3-1-6-12(16(19)20)13(9)14(17)18/h1-7H,8H2,(H,17,18). The Kier molecular flexibility index (Phi) is 4.82. The molecular formula is C14H10ClNO4S. The van der Waals surface area contributed by atoms with Crippen LogP contribution in [0.4, 0.5) is 5.69 Å². The maximum atomic E-state index is 11.3. The third-order valence-electron chi connectivity index (χ3n) is 2.73. The summed E-state index contributed by atoms with van der Waals surface area (Å²) in [7, 11) is 0. The number of carboxylic acids is 1. The van der Waals surface area contributed by atoms with Crippen molar-refractivity contribution in [2.75, 3.05) is 0 Å². The molecule has 2 rings (SSSR count). The minimum absolute atomic E-state index is 0.267. The van der Waals surface area contributed by atoms with E-state index in [1.54, 1.807) is 24.3 Å². The first-order valence-corrected chi connectivity index (χ1v) is 7.23. The van der Waals surface area contributed by atoms with Crippen molar-refractivity contribution >= 4 is 35.0 Å². The molecule has 0 saturated carbocycles. The summed E-state index contributed by atoms with van der Waals surface area (Å²) in [6, 6.07) is 11.4. The van der Waals surface area contributed by atoms with Gasteiger partial charge in [-0.15, -0.1) is 11.8 Å². The Labute approximate surface area is 129 Å². The fraction of sp³-hybridized carbons (Fsp3) is 0.0714.